The summed E-state index contributed by atoms with van der Waals surface area (Å²) in [5, 5.41) is 9.84. The molecule has 120 valence electrons. The van der Waals surface area contributed by atoms with Crippen LogP contribution in [-0.2, 0) is 16.1 Å². The Morgan fingerprint density at radius 1 is 1.09 bits per heavy atom. The Labute approximate surface area is 135 Å². The summed E-state index contributed by atoms with van der Waals surface area (Å²) in [6.45, 7) is 1.76. The number of phenolic OH excluding ortho intramolecular Hbond substituents is 1. The number of nitrogens with zero attached hydrogens (tertiary/aromatic N) is 1. The van der Waals surface area contributed by atoms with Crippen LogP contribution < -0.4 is 0 Å². The summed E-state index contributed by atoms with van der Waals surface area (Å²) in [7, 11) is 1.65. The topological polar surface area (TPSA) is 66.8 Å². The third-order valence-electron chi connectivity index (χ3n) is 3.47. The zero-order valence-corrected chi connectivity index (χ0v) is 13.2. The Morgan fingerprint density at radius 2 is 1.78 bits per heavy atom. The largest absolute Gasteiger partial charge is 0.507 e. The van der Waals surface area contributed by atoms with Crippen molar-refractivity contribution in [2.45, 2.75) is 13.5 Å². The summed E-state index contributed by atoms with van der Waals surface area (Å²) < 4.78 is 4.99. The lowest BCUT2D eigenvalue weighted by Gasteiger charge is -2.17. The van der Waals surface area contributed by atoms with Gasteiger partial charge in [0, 0.05) is 13.6 Å². The van der Waals surface area contributed by atoms with Gasteiger partial charge in [-0.05, 0) is 24.1 Å². The molecule has 0 spiro atoms. The molecule has 2 aromatic rings. The Bertz CT molecular complexity index is 697. The fourth-order valence-corrected chi connectivity index (χ4v) is 2.08. The summed E-state index contributed by atoms with van der Waals surface area (Å²) in [5.74, 6) is -1.15. The van der Waals surface area contributed by atoms with E-state index in [2.05, 4.69) is 0 Å². The monoisotopic (exact) mass is 313 g/mol. The quantitative estimate of drug-likeness (QED) is 0.861. The predicted octanol–water partition coefficient (Wildman–Crippen LogP) is 2.52. The number of likely N-dealkylation sites (N-methyl/N-ethyl adjacent to an activating group) is 1. The number of amides is 1. The average Bonchev–Trinajstić information content (AvgIpc) is 2.55. The van der Waals surface area contributed by atoms with Gasteiger partial charge in [0.2, 0.25) is 0 Å². The number of aryl methyl sites for hydroxylation is 1. The third kappa shape index (κ3) is 4.32. The second-order valence-electron chi connectivity index (χ2n) is 5.28. The molecule has 0 fully saturated rings. The van der Waals surface area contributed by atoms with Gasteiger partial charge in [0.05, 0.1) is 0 Å². The molecule has 0 aromatic heterocycles. The van der Waals surface area contributed by atoms with Crippen molar-refractivity contribution in [1.29, 1.82) is 0 Å². The maximum atomic E-state index is 12.0. The molecule has 0 atom stereocenters. The number of phenols is 1. The number of hydrogen-bond acceptors (Lipinski definition) is 4. The molecule has 0 saturated carbocycles. The van der Waals surface area contributed by atoms with Gasteiger partial charge in [-0.2, -0.15) is 0 Å². The van der Waals surface area contributed by atoms with Crippen LogP contribution >= 0.6 is 0 Å². The maximum Gasteiger partial charge on any atom is 0.342 e. The molecule has 0 aliphatic carbocycles. The van der Waals surface area contributed by atoms with Gasteiger partial charge >= 0.3 is 5.97 Å². The van der Waals surface area contributed by atoms with Crippen LogP contribution in [0.5, 0.6) is 5.75 Å². The predicted molar refractivity (Wildman–Crippen MR) is 86.0 cm³/mol. The zero-order valence-electron chi connectivity index (χ0n) is 13.2. The van der Waals surface area contributed by atoms with Crippen LogP contribution in [0.25, 0.3) is 0 Å². The number of para-hydroxylation sites is 1. The second kappa shape index (κ2) is 7.45. The zero-order chi connectivity index (χ0) is 16.8. The second-order valence-corrected chi connectivity index (χ2v) is 5.28. The summed E-state index contributed by atoms with van der Waals surface area (Å²) in [5.41, 5.74) is 1.63. The van der Waals surface area contributed by atoms with Gasteiger partial charge in [-0.3, -0.25) is 4.79 Å². The fraction of sp³-hybridized carbons (Fsp3) is 0.222. The first-order valence-electron chi connectivity index (χ1n) is 7.22. The molecule has 0 unspecified atom stereocenters. The van der Waals surface area contributed by atoms with Crippen LogP contribution in [0.4, 0.5) is 0 Å². The third-order valence-corrected chi connectivity index (χ3v) is 3.47. The van der Waals surface area contributed by atoms with Crippen molar-refractivity contribution in [3.63, 3.8) is 0 Å². The highest BCUT2D eigenvalue weighted by Gasteiger charge is 2.17. The first-order valence-corrected chi connectivity index (χ1v) is 7.22. The van der Waals surface area contributed by atoms with Crippen LogP contribution in [0.2, 0.25) is 0 Å². The van der Waals surface area contributed by atoms with Crippen LogP contribution in [0.1, 0.15) is 21.5 Å². The van der Waals surface area contributed by atoms with Crippen molar-refractivity contribution in [1.82, 2.24) is 4.90 Å². The van der Waals surface area contributed by atoms with Crippen molar-refractivity contribution in [3.8, 4) is 5.75 Å². The molecule has 2 rings (SSSR count). The summed E-state index contributed by atoms with van der Waals surface area (Å²) in [4.78, 5) is 25.5. The summed E-state index contributed by atoms with van der Waals surface area (Å²) >= 11 is 0. The van der Waals surface area contributed by atoms with E-state index in [0.29, 0.717) is 12.1 Å². The fourth-order valence-electron chi connectivity index (χ4n) is 2.08. The Hall–Kier alpha value is -2.82. The minimum atomic E-state index is -0.715. The SMILES string of the molecule is Cc1cccc(C(=O)OCC(=O)N(C)Cc2ccccc2)c1O. The van der Waals surface area contributed by atoms with Gasteiger partial charge in [-0.1, -0.05) is 42.5 Å². The van der Waals surface area contributed by atoms with Crippen LogP contribution in [0.3, 0.4) is 0 Å². The molecule has 2 aromatic carbocycles. The highest BCUT2D eigenvalue weighted by Crippen LogP contribution is 2.22. The van der Waals surface area contributed by atoms with Gasteiger partial charge in [-0.25, -0.2) is 4.79 Å². The molecule has 23 heavy (non-hydrogen) atoms. The summed E-state index contributed by atoms with van der Waals surface area (Å²) in [6, 6.07) is 14.3. The van der Waals surface area contributed by atoms with Gasteiger partial charge in [-0.15, -0.1) is 0 Å². The number of hydrogen-bond donors (Lipinski definition) is 1. The van der Waals surface area contributed by atoms with E-state index in [1.807, 2.05) is 30.3 Å². The standard InChI is InChI=1S/C18H19NO4/c1-13-7-6-10-15(17(13)21)18(22)23-12-16(20)19(2)11-14-8-4-3-5-9-14/h3-10,21H,11-12H2,1-2H3. The maximum absolute atomic E-state index is 12.0. The van der Waals surface area contributed by atoms with Crippen molar-refractivity contribution < 1.29 is 19.4 Å². The Morgan fingerprint density at radius 3 is 2.48 bits per heavy atom. The highest BCUT2D eigenvalue weighted by atomic mass is 16.5. The molecular weight excluding hydrogens is 294 g/mol. The molecule has 0 aliphatic heterocycles. The number of carbonyl (C=O) groups excluding carboxylic acids is 2. The molecule has 1 amide bonds. The van der Waals surface area contributed by atoms with E-state index >= 15 is 0 Å². The van der Waals surface area contributed by atoms with Gasteiger partial charge in [0.25, 0.3) is 5.91 Å². The van der Waals surface area contributed by atoms with E-state index in [0.717, 1.165) is 5.56 Å². The number of rotatable bonds is 5. The van der Waals surface area contributed by atoms with Crippen molar-refractivity contribution in [3.05, 3.63) is 65.2 Å². The van der Waals surface area contributed by atoms with Crippen LogP contribution in [0.15, 0.2) is 48.5 Å². The molecule has 0 saturated heterocycles. The number of ether oxygens (including phenoxy) is 1. The normalized spacial score (nSPS) is 10.2. The van der Waals surface area contributed by atoms with Gasteiger partial charge in [0.15, 0.2) is 6.61 Å². The van der Waals surface area contributed by atoms with Crippen LogP contribution in [-0.4, -0.2) is 35.5 Å². The first kappa shape index (κ1) is 16.5. The van der Waals surface area contributed by atoms with Crippen molar-refractivity contribution >= 4 is 11.9 Å². The molecule has 5 nitrogen and oxygen atoms in total. The molecule has 5 heteroatoms. The number of aromatic hydroxyl groups is 1. The van der Waals surface area contributed by atoms with E-state index in [-0.39, 0.29) is 23.8 Å². The molecule has 0 bridgehead atoms. The smallest absolute Gasteiger partial charge is 0.342 e. The van der Waals surface area contributed by atoms with E-state index in [4.69, 9.17) is 4.74 Å². The van der Waals surface area contributed by atoms with E-state index in [9.17, 15) is 14.7 Å². The van der Waals surface area contributed by atoms with E-state index in [1.165, 1.54) is 11.0 Å². The van der Waals surface area contributed by atoms with E-state index < -0.39 is 5.97 Å². The Kier molecular flexibility index (Phi) is 5.36. The van der Waals surface area contributed by atoms with Gasteiger partial charge in [0.1, 0.15) is 11.3 Å². The molecular formula is C18H19NO4. The van der Waals surface area contributed by atoms with E-state index in [1.54, 1.807) is 26.1 Å². The summed E-state index contributed by atoms with van der Waals surface area (Å²) in [6.07, 6.45) is 0. The number of esters is 1. The Balaban J connectivity index is 1.91. The lowest BCUT2D eigenvalue weighted by Crippen LogP contribution is -2.30. The van der Waals surface area contributed by atoms with Crippen LogP contribution in [0, 0.1) is 6.92 Å². The van der Waals surface area contributed by atoms with Crippen molar-refractivity contribution in [2.75, 3.05) is 13.7 Å². The molecule has 1 N–H and O–H groups in total. The minimum absolute atomic E-state index is 0.0588. The first-order chi connectivity index (χ1) is 11.0. The molecule has 0 heterocycles. The molecule has 0 radical (unpaired) electrons. The minimum Gasteiger partial charge on any atom is -0.507 e. The highest BCUT2D eigenvalue weighted by molar-refractivity contribution is 5.94. The molecule has 0 aliphatic rings. The average molecular weight is 313 g/mol. The lowest BCUT2D eigenvalue weighted by molar-refractivity contribution is -0.133. The number of benzene rings is 2. The van der Waals surface area contributed by atoms with Crippen molar-refractivity contribution in [2.24, 2.45) is 0 Å². The van der Waals surface area contributed by atoms with Gasteiger partial charge < -0.3 is 14.7 Å². The number of carbonyl (C=O) groups is 2. The lowest BCUT2D eigenvalue weighted by atomic mass is 10.1.